The summed E-state index contributed by atoms with van der Waals surface area (Å²) in [4.78, 5) is 23.2. The number of aryl methyl sites for hydroxylation is 2. The van der Waals surface area contributed by atoms with Crippen LogP contribution in [-0.2, 0) is 19.4 Å². The average Bonchev–Trinajstić information content (AvgIpc) is 2.32. The van der Waals surface area contributed by atoms with Gasteiger partial charge in [-0.15, -0.1) is 0 Å². The van der Waals surface area contributed by atoms with Crippen LogP contribution in [0.3, 0.4) is 0 Å². The van der Waals surface area contributed by atoms with Gasteiger partial charge >= 0.3 is 5.97 Å². The molecule has 0 aliphatic rings. The maximum Gasteiger partial charge on any atom is 0.330 e. The monoisotopic (exact) mass is 327 g/mol. The van der Waals surface area contributed by atoms with Crippen molar-refractivity contribution in [2.24, 2.45) is 0 Å². The molecular weight excluding hydrogens is 306 g/mol. The number of hydrogen-bond acceptors (Lipinski definition) is 4. The number of rotatable bonds is 7. The van der Waals surface area contributed by atoms with E-state index in [1.165, 1.54) is 0 Å². The fraction of sp³-hybridized carbons (Fsp3) is 0.467. The summed E-state index contributed by atoms with van der Waals surface area (Å²) in [6.45, 7) is 3.70. The lowest BCUT2D eigenvalue weighted by molar-refractivity contribution is -0.142. The summed E-state index contributed by atoms with van der Waals surface area (Å²) >= 11 is 0. The summed E-state index contributed by atoms with van der Waals surface area (Å²) in [5, 5.41) is 11.7. The Hall–Kier alpha value is -1.89. The lowest BCUT2D eigenvalue weighted by Gasteiger charge is -2.16. The number of sulfone groups is 1. The zero-order valence-corrected chi connectivity index (χ0v) is 13.7. The van der Waals surface area contributed by atoms with Crippen molar-refractivity contribution >= 4 is 21.7 Å². The number of benzene rings is 1. The Morgan fingerprint density at radius 1 is 1.18 bits per heavy atom. The molecule has 0 aliphatic carbocycles. The molecule has 122 valence electrons. The predicted molar refractivity (Wildman–Crippen MR) is 83.4 cm³/mol. The molecule has 0 spiro atoms. The van der Waals surface area contributed by atoms with Crippen molar-refractivity contribution in [3.63, 3.8) is 0 Å². The van der Waals surface area contributed by atoms with Crippen LogP contribution in [0, 0.1) is 13.8 Å². The molecule has 0 heterocycles. The number of nitrogens with one attached hydrogen (secondary N) is 1. The summed E-state index contributed by atoms with van der Waals surface area (Å²) in [7, 11) is -3.12. The van der Waals surface area contributed by atoms with Gasteiger partial charge in [0.15, 0.2) is 6.04 Å². The van der Waals surface area contributed by atoms with E-state index in [1.54, 1.807) is 12.1 Å². The van der Waals surface area contributed by atoms with Gasteiger partial charge in [-0.2, -0.15) is 0 Å². The van der Waals surface area contributed by atoms with E-state index in [2.05, 4.69) is 5.32 Å². The van der Waals surface area contributed by atoms with Crippen molar-refractivity contribution in [2.45, 2.75) is 32.7 Å². The van der Waals surface area contributed by atoms with E-state index in [1.807, 2.05) is 19.9 Å². The first kappa shape index (κ1) is 18.2. The molecule has 1 amide bonds. The molecule has 2 N–H and O–H groups in total. The summed E-state index contributed by atoms with van der Waals surface area (Å²) in [6.07, 6.45) is 1.24. The third-order valence-corrected chi connectivity index (χ3v) is 4.08. The second-order valence-electron chi connectivity index (χ2n) is 5.49. The molecule has 1 aromatic rings. The van der Waals surface area contributed by atoms with Gasteiger partial charge in [-0.25, -0.2) is 13.2 Å². The number of carbonyl (C=O) groups is 2. The Morgan fingerprint density at radius 3 is 2.18 bits per heavy atom. The van der Waals surface area contributed by atoms with Gasteiger partial charge in [0.05, 0.1) is 5.75 Å². The van der Waals surface area contributed by atoms with Crippen LogP contribution in [0.15, 0.2) is 18.2 Å². The third kappa shape index (κ3) is 6.26. The van der Waals surface area contributed by atoms with Gasteiger partial charge in [0.25, 0.3) is 0 Å². The summed E-state index contributed by atoms with van der Waals surface area (Å²) in [6, 6.07) is 4.20. The fourth-order valence-electron chi connectivity index (χ4n) is 2.19. The van der Waals surface area contributed by atoms with Crippen LogP contribution in [0.25, 0.3) is 0 Å². The normalized spacial score (nSPS) is 12.7. The van der Waals surface area contributed by atoms with Crippen LogP contribution < -0.4 is 5.32 Å². The zero-order chi connectivity index (χ0) is 16.9. The minimum absolute atomic E-state index is 0.0261. The van der Waals surface area contributed by atoms with Gasteiger partial charge in [0.2, 0.25) is 5.91 Å². The van der Waals surface area contributed by atoms with Gasteiger partial charge in [-0.3, -0.25) is 4.79 Å². The van der Waals surface area contributed by atoms with E-state index >= 15 is 0 Å². The molecule has 1 atom stereocenters. The van der Waals surface area contributed by atoms with Gasteiger partial charge in [-0.1, -0.05) is 29.3 Å². The van der Waals surface area contributed by atoms with Crippen LogP contribution in [-0.4, -0.2) is 37.4 Å². The highest BCUT2D eigenvalue weighted by Crippen LogP contribution is 2.17. The van der Waals surface area contributed by atoms with Gasteiger partial charge in [0, 0.05) is 12.7 Å². The minimum Gasteiger partial charge on any atom is -0.479 e. The highest BCUT2D eigenvalue weighted by molar-refractivity contribution is 7.90. The Kier molecular flexibility index (Phi) is 6.11. The van der Waals surface area contributed by atoms with Crippen molar-refractivity contribution in [1.29, 1.82) is 0 Å². The van der Waals surface area contributed by atoms with Crippen molar-refractivity contribution in [3.05, 3.63) is 34.9 Å². The Bertz CT molecular complexity index is 646. The number of aliphatic carboxylic acids is 1. The van der Waals surface area contributed by atoms with Gasteiger partial charge < -0.3 is 10.4 Å². The molecule has 22 heavy (non-hydrogen) atoms. The van der Waals surface area contributed by atoms with Crippen LogP contribution in [0.5, 0.6) is 0 Å². The first-order valence-corrected chi connectivity index (χ1v) is 8.92. The minimum atomic E-state index is -3.12. The van der Waals surface area contributed by atoms with E-state index in [0.717, 1.165) is 17.4 Å². The fourth-order valence-corrected chi connectivity index (χ4v) is 2.86. The largest absolute Gasteiger partial charge is 0.479 e. The second-order valence-corrected chi connectivity index (χ2v) is 7.75. The molecule has 0 aromatic heterocycles. The lowest BCUT2D eigenvalue weighted by atomic mass is 10.0. The van der Waals surface area contributed by atoms with Crippen LogP contribution in [0.2, 0.25) is 0 Å². The molecule has 0 bridgehead atoms. The van der Waals surface area contributed by atoms with E-state index in [4.69, 9.17) is 0 Å². The molecule has 0 saturated heterocycles. The lowest BCUT2D eigenvalue weighted by Crippen LogP contribution is -2.34. The number of amides is 1. The maximum atomic E-state index is 11.8. The number of carbonyl (C=O) groups excluding carboxylic acids is 1. The van der Waals surface area contributed by atoms with Crippen molar-refractivity contribution in [2.75, 3.05) is 12.0 Å². The molecule has 6 nitrogen and oxygen atoms in total. The SMILES string of the molecule is Cc1cc(C)cc(C(NC(=O)CCCS(C)(=O)=O)C(=O)O)c1. The Morgan fingerprint density at radius 2 is 1.73 bits per heavy atom. The smallest absolute Gasteiger partial charge is 0.330 e. The topological polar surface area (TPSA) is 101 Å². The molecule has 0 radical (unpaired) electrons. The standard InChI is InChI=1S/C15H21NO5S/c1-10-7-11(2)9-12(8-10)14(15(18)19)16-13(17)5-4-6-22(3,20)21/h7-9,14H,4-6H2,1-3H3,(H,16,17)(H,18,19). The number of carboxylic acid groups (broad SMARTS) is 1. The molecule has 1 aromatic carbocycles. The van der Waals surface area contributed by atoms with Gasteiger partial charge in [0.1, 0.15) is 9.84 Å². The van der Waals surface area contributed by atoms with E-state index in [-0.39, 0.29) is 18.6 Å². The maximum absolute atomic E-state index is 11.8. The highest BCUT2D eigenvalue weighted by Gasteiger charge is 2.22. The number of carboxylic acids is 1. The Balaban J connectivity index is 2.76. The van der Waals surface area contributed by atoms with Crippen molar-refractivity contribution in [3.8, 4) is 0 Å². The third-order valence-electron chi connectivity index (χ3n) is 3.05. The average molecular weight is 327 g/mol. The summed E-state index contributed by atoms with van der Waals surface area (Å²) in [5.41, 5.74) is 2.32. The van der Waals surface area contributed by atoms with Crippen molar-refractivity contribution < 1.29 is 23.1 Å². The first-order chi connectivity index (χ1) is 10.1. The molecule has 7 heteroatoms. The molecule has 0 saturated carbocycles. The Labute approximate surface area is 130 Å². The predicted octanol–water partition coefficient (Wildman–Crippen LogP) is 1.37. The van der Waals surface area contributed by atoms with Crippen LogP contribution in [0.4, 0.5) is 0 Å². The summed E-state index contributed by atoms with van der Waals surface area (Å²) in [5.74, 6) is -1.72. The second kappa shape index (κ2) is 7.40. The number of hydrogen-bond donors (Lipinski definition) is 2. The van der Waals surface area contributed by atoms with Crippen LogP contribution in [0.1, 0.15) is 35.6 Å². The zero-order valence-electron chi connectivity index (χ0n) is 12.9. The van der Waals surface area contributed by atoms with Gasteiger partial charge in [-0.05, 0) is 25.8 Å². The molecular formula is C15H21NO5S. The van der Waals surface area contributed by atoms with E-state index in [9.17, 15) is 23.1 Å². The highest BCUT2D eigenvalue weighted by atomic mass is 32.2. The van der Waals surface area contributed by atoms with E-state index in [0.29, 0.717) is 5.56 Å². The quantitative estimate of drug-likeness (QED) is 0.788. The molecule has 1 rings (SSSR count). The van der Waals surface area contributed by atoms with Crippen LogP contribution >= 0.6 is 0 Å². The van der Waals surface area contributed by atoms with Crippen molar-refractivity contribution in [1.82, 2.24) is 5.32 Å². The van der Waals surface area contributed by atoms with E-state index < -0.39 is 27.8 Å². The molecule has 0 aliphatic heterocycles. The molecule has 1 unspecified atom stereocenters. The summed E-state index contributed by atoms with van der Waals surface area (Å²) < 4.78 is 22.0. The first-order valence-electron chi connectivity index (χ1n) is 6.86. The molecule has 0 fully saturated rings.